The first kappa shape index (κ1) is 20.7. The van der Waals surface area contributed by atoms with Crippen LogP contribution in [0.2, 0.25) is 0 Å². The molecule has 0 unspecified atom stereocenters. The maximum absolute atomic E-state index is 13.3. The third kappa shape index (κ3) is 5.93. The molecule has 1 heterocycles. The molecule has 0 aromatic rings. The quantitative estimate of drug-likeness (QED) is 0.500. The van der Waals surface area contributed by atoms with Crippen LogP contribution in [0.5, 0.6) is 0 Å². The minimum atomic E-state index is -3.18. The lowest BCUT2D eigenvalue weighted by Crippen LogP contribution is -2.63. The summed E-state index contributed by atoms with van der Waals surface area (Å²) < 4.78 is 51.0. The highest BCUT2D eigenvalue weighted by atomic mass is 19.3. The fraction of sp³-hybridized carbons (Fsp3) is 0.714. The fourth-order valence-electron chi connectivity index (χ4n) is 2.27. The van der Waals surface area contributed by atoms with Gasteiger partial charge >= 0.3 is 23.9 Å². The Bertz CT molecular complexity index is 536. The summed E-state index contributed by atoms with van der Waals surface area (Å²) in [4.78, 5) is 45.1. The van der Waals surface area contributed by atoms with Crippen LogP contribution in [0.1, 0.15) is 27.7 Å². The van der Waals surface area contributed by atoms with Gasteiger partial charge in [0.2, 0.25) is 12.4 Å². The lowest BCUT2D eigenvalue weighted by Gasteiger charge is -2.43. The number of hydrogen-bond donors (Lipinski definition) is 0. The van der Waals surface area contributed by atoms with E-state index >= 15 is 0 Å². The summed E-state index contributed by atoms with van der Waals surface area (Å²) >= 11 is 0. The molecule has 1 saturated heterocycles. The first-order valence-electron chi connectivity index (χ1n) is 7.15. The van der Waals surface area contributed by atoms with Crippen molar-refractivity contribution in [1.82, 2.24) is 0 Å². The average molecular weight is 368 g/mol. The number of esters is 4. The van der Waals surface area contributed by atoms with Gasteiger partial charge in [-0.3, -0.25) is 19.2 Å². The van der Waals surface area contributed by atoms with Crippen LogP contribution in [0, 0.1) is 0 Å². The molecule has 0 bridgehead atoms. The predicted molar refractivity (Wildman–Crippen MR) is 73.1 cm³/mol. The highest BCUT2D eigenvalue weighted by Gasteiger charge is 2.55. The highest BCUT2D eigenvalue weighted by Crippen LogP contribution is 2.32. The van der Waals surface area contributed by atoms with Crippen LogP contribution in [-0.2, 0) is 42.9 Å². The second-order valence-electron chi connectivity index (χ2n) is 5.14. The number of halogens is 2. The van der Waals surface area contributed by atoms with Crippen molar-refractivity contribution in [3.8, 4) is 0 Å². The van der Waals surface area contributed by atoms with Gasteiger partial charge in [0.1, 0.15) is 0 Å². The molecule has 0 amide bonds. The van der Waals surface area contributed by atoms with Crippen molar-refractivity contribution in [3.63, 3.8) is 0 Å². The zero-order chi connectivity index (χ0) is 19.3. The smallest absolute Gasteiger partial charge is 0.305 e. The number of rotatable bonds is 5. The van der Waals surface area contributed by atoms with E-state index in [0.717, 1.165) is 27.7 Å². The van der Waals surface area contributed by atoms with E-state index in [1.54, 1.807) is 0 Å². The molecule has 11 heteroatoms. The minimum absolute atomic E-state index is 0.889. The Morgan fingerprint density at radius 3 is 1.52 bits per heavy atom. The SMILES string of the molecule is CC(=O)O[C@@H]1O[C@@H](C(F)F)[C@@H](OC(C)=O)[C@@H](OC(C)=O)[C@@H]1OC(C)=O. The summed E-state index contributed by atoms with van der Waals surface area (Å²) in [5.74, 6) is -3.68. The zero-order valence-corrected chi connectivity index (χ0v) is 13.9. The molecule has 1 rings (SSSR count). The van der Waals surface area contributed by atoms with Gasteiger partial charge in [-0.1, -0.05) is 0 Å². The molecular formula is C14H18F2O9. The van der Waals surface area contributed by atoms with E-state index in [0.29, 0.717) is 0 Å². The molecule has 0 spiro atoms. The van der Waals surface area contributed by atoms with E-state index in [-0.39, 0.29) is 0 Å². The standard InChI is InChI=1S/C14H18F2O9/c1-5(17)21-9-10(22-6(2)18)12(23-7(3)19)14(24-8(4)20)25-11(9)13(15)16/h9-14H,1-4H3/t9-,10+,11+,12-,14+/m0/s1. The molecule has 0 radical (unpaired) electrons. The maximum atomic E-state index is 13.3. The summed E-state index contributed by atoms with van der Waals surface area (Å²) in [5, 5.41) is 0. The van der Waals surface area contributed by atoms with Gasteiger partial charge in [-0.05, 0) is 0 Å². The molecule has 0 aromatic heterocycles. The Morgan fingerprint density at radius 1 is 0.720 bits per heavy atom. The Kier molecular flexibility index (Phi) is 7.22. The summed E-state index contributed by atoms with van der Waals surface area (Å²) in [5.41, 5.74) is 0. The minimum Gasteiger partial charge on any atom is -0.455 e. The molecule has 1 aliphatic heterocycles. The number of hydrogen-bond acceptors (Lipinski definition) is 9. The van der Waals surface area contributed by atoms with E-state index in [9.17, 15) is 28.0 Å². The van der Waals surface area contributed by atoms with Crippen LogP contribution in [-0.4, -0.2) is 61.0 Å². The van der Waals surface area contributed by atoms with Crippen molar-refractivity contribution in [2.75, 3.05) is 0 Å². The lowest BCUT2D eigenvalue weighted by atomic mass is 9.98. The third-order valence-corrected chi connectivity index (χ3v) is 2.97. The number of carbonyl (C=O) groups excluding carboxylic acids is 4. The number of ether oxygens (including phenoxy) is 5. The van der Waals surface area contributed by atoms with Crippen molar-refractivity contribution >= 4 is 23.9 Å². The van der Waals surface area contributed by atoms with Gasteiger partial charge in [-0.25, -0.2) is 8.78 Å². The van der Waals surface area contributed by atoms with Crippen LogP contribution in [0.3, 0.4) is 0 Å². The van der Waals surface area contributed by atoms with Crippen molar-refractivity contribution in [2.45, 2.75) is 64.8 Å². The Hall–Kier alpha value is -2.30. The summed E-state index contributed by atoms with van der Waals surface area (Å²) in [7, 11) is 0. The van der Waals surface area contributed by atoms with E-state index in [1.807, 2.05) is 0 Å². The molecule has 9 nitrogen and oxygen atoms in total. The van der Waals surface area contributed by atoms with Gasteiger partial charge in [0.25, 0.3) is 6.43 Å². The molecule has 1 aliphatic rings. The average Bonchev–Trinajstić information content (AvgIpc) is 2.42. The van der Waals surface area contributed by atoms with Crippen LogP contribution in [0.4, 0.5) is 8.78 Å². The summed E-state index contributed by atoms with van der Waals surface area (Å²) in [6, 6.07) is 0. The highest BCUT2D eigenvalue weighted by molar-refractivity contribution is 5.69. The maximum Gasteiger partial charge on any atom is 0.305 e. The van der Waals surface area contributed by atoms with Crippen molar-refractivity contribution in [2.24, 2.45) is 0 Å². The largest absolute Gasteiger partial charge is 0.455 e. The van der Waals surface area contributed by atoms with Gasteiger partial charge in [-0.2, -0.15) is 0 Å². The molecule has 1 fully saturated rings. The van der Waals surface area contributed by atoms with Crippen molar-refractivity contribution in [1.29, 1.82) is 0 Å². The first-order valence-corrected chi connectivity index (χ1v) is 7.15. The normalized spacial score (nSPS) is 28.8. The monoisotopic (exact) mass is 368 g/mol. The van der Waals surface area contributed by atoms with Gasteiger partial charge < -0.3 is 23.7 Å². The zero-order valence-electron chi connectivity index (χ0n) is 13.9. The van der Waals surface area contributed by atoms with Crippen LogP contribution < -0.4 is 0 Å². The first-order chi connectivity index (χ1) is 11.5. The summed E-state index contributed by atoms with van der Waals surface area (Å²) in [6.45, 7) is 3.90. The van der Waals surface area contributed by atoms with Gasteiger partial charge in [0, 0.05) is 27.7 Å². The predicted octanol–water partition coefficient (Wildman–Crippen LogP) is 0.335. The second kappa shape index (κ2) is 8.70. The fourth-order valence-corrected chi connectivity index (χ4v) is 2.27. The van der Waals surface area contributed by atoms with E-state index in [1.165, 1.54) is 0 Å². The molecular weight excluding hydrogens is 350 g/mol. The molecule has 0 aromatic carbocycles. The number of alkyl halides is 2. The topological polar surface area (TPSA) is 114 Å². The molecule has 0 aliphatic carbocycles. The summed E-state index contributed by atoms with van der Waals surface area (Å²) in [6.07, 6.45) is -12.1. The Labute approximate surface area is 141 Å². The molecule has 0 N–H and O–H groups in total. The Balaban J connectivity index is 3.31. The van der Waals surface area contributed by atoms with Crippen molar-refractivity contribution in [3.05, 3.63) is 0 Å². The van der Waals surface area contributed by atoms with Crippen molar-refractivity contribution < 1.29 is 51.6 Å². The van der Waals surface area contributed by atoms with E-state index in [2.05, 4.69) is 0 Å². The van der Waals surface area contributed by atoms with Crippen LogP contribution in [0.25, 0.3) is 0 Å². The van der Waals surface area contributed by atoms with Gasteiger partial charge in [0.05, 0.1) is 0 Å². The Morgan fingerprint density at radius 2 is 1.12 bits per heavy atom. The molecule has 5 atom stereocenters. The molecule has 0 saturated carbocycles. The molecule has 142 valence electrons. The van der Waals surface area contributed by atoms with Gasteiger partial charge in [-0.15, -0.1) is 0 Å². The van der Waals surface area contributed by atoms with E-state index in [4.69, 9.17) is 23.7 Å². The van der Waals surface area contributed by atoms with Crippen LogP contribution in [0.15, 0.2) is 0 Å². The lowest BCUT2D eigenvalue weighted by molar-refractivity contribution is -0.310. The van der Waals surface area contributed by atoms with E-state index < -0.39 is 61.0 Å². The third-order valence-electron chi connectivity index (χ3n) is 2.97. The second-order valence-corrected chi connectivity index (χ2v) is 5.14. The number of carbonyl (C=O) groups is 4. The molecule has 25 heavy (non-hydrogen) atoms. The van der Waals surface area contributed by atoms with Crippen LogP contribution >= 0.6 is 0 Å². The van der Waals surface area contributed by atoms with Gasteiger partial charge in [0.15, 0.2) is 18.3 Å².